The predicted octanol–water partition coefficient (Wildman–Crippen LogP) is 4.39. The van der Waals surface area contributed by atoms with Crippen LogP contribution in [0, 0.1) is 5.92 Å². The highest BCUT2D eigenvalue weighted by molar-refractivity contribution is 5.21. The molecule has 20 heavy (non-hydrogen) atoms. The van der Waals surface area contributed by atoms with Crippen LogP contribution in [0.15, 0.2) is 85.2 Å². The number of hydrogen-bond donors (Lipinski definition) is 0. The molecule has 1 nitrogen and oxygen atoms in total. The molecule has 0 saturated heterocycles. The molecular formula is C19H19N. The maximum Gasteiger partial charge on any atom is 0.0469 e. The summed E-state index contributed by atoms with van der Waals surface area (Å²) in [5.74, 6) is 0.504. The highest BCUT2D eigenvalue weighted by Crippen LogP contribution is 2.17. The lowest BCUT2D eigenvalue weighted by Crippen LogP contribution is -2.14. The third kappa shape index (κ3) is 3.39. The second-order valence-corrected chi connectivity index (χ2v) is 5.19. The SMILES string of the molecule is C1=CN(Cc2ccccc2)C=CC1Cc1ccccc1. The Labute approximate surface area is 120 Å². The summed E-state index contributed by atoms with van der Waals surface area (Å²) in [6, 6.07) is 21.2. The molecule has 0 radical (unpaired) electrons. The maximum atomic E-state index is 2.29. The second-order valence-electron chi connectivity index (χ2n) is 5.19. The molecule has 0 amide bonds. The first-order chi connectivity index (χ1) is 9.90. The summed E-state index contributed by atoms with van der Waals surface area (Å²) < 4.78 is 0. The van der Waals surface area contributed by atoms with E-state index in [1.807, 2.05) is 0 Å². The van der Waals surface area contributed by atoms with Crippen molar-refractivity contribution in [2.24, 2.45) is 5.92 Å². The molecule has 3 rings (SSSR count). The Bertz CT molecular complexity index is 516. The molecule has 0 aromatic heterocycles. The van der Waals surface area contributed by atoms with Crippen LogP contribution in [0.3, 0.4) is 0 Å². The van der Waals surface area contributed by atoms with E-state index in [0.717, 1.165) is 13.0 Å². The van der Waals surface area contributed by atoms with Gasteiger partial charge in [0.2, 0.25) is 0 Å². The third-order valence-electron chi connectivity index (χ3n) is 3.57. The molecule has 1 heteroatoms. The molecule has 1 aliphatic rings. The summed E-state index contributed by atoms with van der Waals surface area (Å²) in [4.78, 5) is 2.23. The van der Waals surface area contributed by atoms with Gasteiger partial charge in [-0.1, -0.05) is 72.8 Å². The van der Waals surface area contributed by atoms with Crippen molar-refractivity contribution in [1.82, 2.24) is 4.90 Å². The number of hydrogen-bond acceptors (Lipinski definition) is 1. The lowest BCUT2D eigenvalue weighted by atomic mass is 9.98. The van der Waals surface area contributed by atoms with E-state index in [1.54, 1.807) is 0 Å². The molecule has 0 aliphatic carbocycles. The normalized spacial score (nSPS) is 14.7. The van der Waals surface area contributed by atoms with Crippen LogP contribution in [0.2, 0.25) is 0 Å². The third-order valence-corrected chi connectivity index (χ3v) is 3.57. The van der Waals surface area contributed by atoms with Gasteiger partial charge in [-0.05, 0) is 17.5 Å². The standard InChI is InChI=1S/C19H19N/c1-3-7-17(8-4-1)15-18-11-13-20(14-12-18)16-19-9-5-2-6-10-19/h1-14,18H,15-16H2. The highest BCUT2D eigenvalue weighted by Gasteiger charge is 2.08. The van der Waals surface area contributed by atoms with Crippen LogP contribution < -0.4 is 0 Å². The molecule has 0 atom stereocenters. The van der Waals surface area contributed by atoms with Crippen LogP contribution in [0.25, 0.3) is 0 Å². The quantitative estimate of drug-likeness (QED) is 0.789. The fourth-order valence-electron chi connectivity index (χ4n) is 2.48. The van der Waals surface area contributed by atoms with E-state index in [1.165, 1.54) is 11.1 Å². The highest BCUT2D eigenvalue weighted by atomic mass is 15.1. The van der Waals surface area contributed by atoms with Gasteiger partial charge in [0.25, 0.3) is 0 Å². The summed E-state index contributed by atoms with van der Waals surface area (Å²) in [7, 11) is 0. The van der Waals surface area contributed by atoms with E-state index in [-0.39, 0.29) is 0 Å². The monoisotopic (exact) mass is 261 g/mol. The van der Waals surface area contributed by atoms with E-state index in [0.29, 0.717) is 5.92 Å². The molecule has 0 saturated carbocycles. The maximum absolute atomic E-state index is 2.29. The molecule has 0 spiro atoms. The molecule has 0 fully saturated rings. The molecule has 0 N–H and O–H groups in total. The minimum absolute atomic E-state index is 0.504. The van der Waals surface area contributed by atoms with Crippen LogP contribution in [0.4, 0.5) is 0 Å². The van der Waals surface area contributed by atoms with Crippen molar-refractivity contribution >= 4 is 0 Å². The van der Waals surface area contributed by atoms with Crippen molar-refractivity contribution in [2.75, 3.05) is 0 Å². The summed E-state index contributed by atoms with van der Waals surface area (Å²) >= 11 is 0. The molecule has 100 valence electrons. The molecule has 0 unspecified atom stereocenters. The Kier molecular flexibility index (Phi) is 3.98. The largest absolute Gasteiger partial charge is 0.351 e. The smallest absolute Gasteiger partial charge is 0.0469 e. The van der Waals surface area contributed by atoms with Crippen LogP contribution in [-0.2, 0) is 13.0 Å². The molecule has 1 aliphatic heterocycles. The van der Waals surface area contributed by atoms with Crippen LogP contribution >= 0.6 is 0 Å². The molecule has 1 heterocycles. The molecule has 2 aromatic rings. The van der Waals surface area contributed by atoms with Gasteiger partial charge in [0.1, 0.15) is 0 Å². The van der Waals surface area contributed by atoms with Crippen molar-refractivity contribution in [2.45, 2.75) is 13.0 Å². The van der Waals surface area contributed by atoms with Crippen molar-refractivity contribution in [3.05, 3.63) is 96.3 Å². The topological polar surface area (TPSA) is 3.24 Å². The van der Waals surface area contributed by atoms with Gasteiger partial charge in [0, 0.05) is 24.9 Å². The second kappa shape index (κ2) is 6.25. The Morgan fingerprint density at radius 2 is 1.25 bits per heavy atom. The first-order valence-corrected chi connectivity index (χ1v) is 7.10. The lowest BCUT2D eigenvalue weighted by molar-refractivity contribution is 0.480. The molecule has 2 aromatic carbocycles. The van der Waals surface area contributed by atoms with Gasteiger partial charge < -0.3 is 4.90 Å². The Morgan fingerprint density at radius 3 is 1.85 bits per heavy atom. The average Bonchev–Trinajstić information content (AvgIpc) is 2.51. The van der Waals surface area contributed by atoms with Gasteiger partial charge in [0.05, 0.1) is 0 Å². The number of nitrogens with zero attached hydrogens (tertiary/aromatic N) is 1. The number of allylic oxidation sites excluding steroid dienone is 2. The van der Waals surface area contributed by atoms with Crippen molar-refractivity contribution in [1.29, 1.82) is 0 Å². The van der Waals surface area contributed by atoms with E-state index in [2.05, 4.69) is 90.1 Å². The minimum atomic E-state index is 0.504. The van der Waals surface area contributed by atoms with Gasteiger partial charge in [-0.15, -0.1) is 0 Å². The van der Waals surface area contributed by atoms with E-state index in [9.17, 15) is 0 Å². The van der Waals surface area contributed by atoms with Crippen molar-refractivity contribution in [3.8, 4) is 0 Å². The summed E-state index contributed by atoms with van der Waals surface area (Å²) in [6.07, 6.45) is 10.0. The summed E-state index contributed by atoms with van der Waals surface area (Å²) in [5, 5.41) is 0. The van der Waals surface area contributed by atoms with Gasteiger partial charge in [-0.25, -0.2) is 0 Å². The lowest BCUT2D eigenvalue weighted by Gasteiger charge is -2.22. The summed E-state index contributed by atoms with van der Waals surface area (Å²) in [5.41, 5.74) is 2.73. The fraction of sp³-hybridized carbons (Fsp3) is 0.158. The Morgan fingerprint density at radius 1 is 0.700 bits per heavy atom. The predicted molar refractivity (Wildman–Crippen MR) is 83.9 cm³/mol. The fourth-order valence-corrected chi connectivity index (χ4v) is 2.48. The van der Waals surface area contributed by atoms with Crippen molar-refractivity contribution < 1.29 is 0 Å². The van der Waals surface area contributed by atoms with E-state index >= 15 is 0 Å². The van der Waals surface area contributed by atoms with E-state index < -0.39 is 0 Å². The summed E-state index contributed by atoms with van der Waals surface area (Å²) in [6.45, 7) is 0.936. The Balaban J connectivity index is 1.57. The van der Waals surface area contributed by atoms with Crippen molar-refractivity contribution in [3.63, 3.8) is 0 Å². The Hall–Kier alpha value is -2.28. The molecule has 0 bridgehead atoms. The van der Waals surface area contributed by atoms with Crippen LogP contribution in [0.1, 0.15) is 11.1 Å². The van der Waals surface area contributed by atoms with Gasteiger partial charge in [-0.3, -0.25) is 0 Å². The first kappa shape index (κ1) is 12.7. The zero-order valence-corrected chi connectivity index (χ0v) is 11.5. The zero-order valence-electron chi connectivity index (χ0n) is 11.5. The first-order valence-electron chi connectivity index (χ1n) is 7.10. The van der Waals surface area contributed by atoms with E-state index in [4.69, 9.17) is 0 Å². The van der Waals surface area contributed by atoms with Gasteiger partial charge >= 0.3 is 0 Å². The number of benzene rings is 2. The molecular weight excluding hydrogens is 242 g/mol. The zero-order chi connectivity index (χ0) is 13.6. The van der Waals surface area contributed by atoms with Crippen LogP contribution in [0.5, 0.6) is 0 Å². The van der Waals surface area contributed by atoms with Gasteiger partial charge in [0.15, 0.2) is 0 Å². The number of rotatable bonds is 4. The van der Waals surface area contributed by atoms with Crippen LogP contribution in [-0.4, -0.2) is 4.90 Å². The van der Waals surface area contributed by atoms with Gasteiger partial charge in [-0.2, -0.15) is 0 Å². The minimum Gasteiger partial charge on any atom is -0.351 e. The average molecular weight is 261 g/mol.